The summed E-state index contributed by atoms with van der Waals surface area (Å²) in [4.78, 5) is 11.8. The number of hydrogen-bond donors (Lipinski definition) is 2. The van der Waals surface area contributed by atoms with Gasteiger partial charge in [0, 0.05) is 16.7 Å². The van der Waals surface area contributed by atoms with Crippen LogP contribution in [0.1, 0.15) is 38.2 Å². The molecule has 0 heterocycles. The predicted octanol–water partition coefficient (Wildman–Crippen LogP) is 4.30. The number of hydrogen-bond acceptors (Lipinski definition) is 1. The summed E-state index contributed by atoms with van der Waals surface area (Å²) in [7, 11) is 0. The van der Waals surface area contributed by atoms with Gasteiger partial charge >= 0.3 is 6.03 Å². The first kappa shape index (κ1) is 15.1. The van der Waals surface area contributed by atoms with Crippen LogP contribution in [0.5, 0.6) is 0 Å². The molecule has 20 heavy (non-hydrogen) atoms. The zero-order valence-corrected chi connectivity index (χ0v) is 13.3. The van der Waals surface area contributed by atoms with Crippen LogP contribution in [0.25, 0.3) is 6.08 Å². The van der Waals surface area contributed by atoms with Gasteiger partial charge in [-0.2, -0.15) is 0 Å². The summed E-state index contributed by atoms with van der Waals surface area (Å²) in [6.45, 7) is 2.21. The minimum atomic E-state index is -0.116. The van der Waals surface area contributed by atoms with Crippen LogP contribution in [0.15, 0.2) is 34.9 Å². The number of benzene rings is 1. The Morgan fingerprint density at radius 2 is 2.15 bits per heavy atom. The fourth-order valence-electron chi connectivity index (χ4n) is 2.56. The van der Waals surface area contributed by atoms with E-state index in [1.54, 1.807) is 6.20 Å². The Hall–Kier alpha value is -1.29. The van der Waals surface area contributed by atoms with Crippen molar-refractivity contribution < 1.29 is 4.79 Å². The number of urea groups is 1. The molecule has 0 aromatic heterocycles. The molecule has 1 aliphatic carbocycles. The van der Waals surface area contributed by atoms with E-state index in [1.807, 2.05) is 30.3 Å². The summed E-state index contributed by atoms with van der Waals surface area (Å²) in [6, 6.07) is 8.12. The Morgan fingerprint density at radius 3 is 2.90 bits per heavy atom. The van der Waals surface area contributed by atoms with E-state index in [9.17, 15) is 4.79 Å². The van der Waals surface area contributed by atoms with Crippen LogP contribution in [-0.2, 0) is 0 Å². The molecule has 1 aliphatic rings. The van der Waals surface area contributed by atoms with Crippen molar-refractivity contribution in [1.29, 1.82) is 0 Å². The van der Waals surface area contributed by atoms with Gasteiger partial charge in [0.05, 0.1) is 0 Å². The number of nitrogens with one attached hydrogen (secondary N) is 2. The second-order valence-electron chi connectivity index (χ2n) is 5.37. The standard InChI is InChI=1S/C16H21BrN2O/c1-12-5-2-3-8-15(12)19-16(20)18-10-9-13-6-4-7-14(17)11-13/h4,6-7,9-12,15H,2-3,5,8H2,1H3,(H2,18,19,20)/b10-9+. The maximum Gasteiger partial charge on any atom is 0.318 e. The van der Waals surface area contributed by atoms with Crippen molar-refractivity contribution in [1.82, 2.24) is 10.6 Å². The molecule has 2 N–H and O–H groups in total. The molecular weight excluding hydrogens is 316 g/mol. The van der Waals surface area contributed by atoms with Gasteiger partial charge in [0.2, 0.25) is 0 Å². The van der Waals surface area contributed by atoms with Crippen LogP contribution in [0.2, 0.25) is 0 Å². The van der Waals surface area contributed by atoms with E-state index >= 15 is 0 Å². The highest BCUT2D eigenvalue weighted by Crippen LogP contribution is 2.23. The Balaban J connectivity index is 1.80. The van der Waals surface area contributed by atoms with Crippen LogP contribution < -0.4 is 10.6 Å². The molecule has 0 radical (unpaired) electrons. The van der Waals surface area contributed by atoms with Crippen LogP contribution in [0, 0.1) is 5.92 Å². The number of halogens is 1. The Labute approximate surface area is 129 Å². The van der Waals surface area contributed by atoms with Gasteiger partial charge in [0.1, 0.15) is 0 Å². The van der Waals surface area contributed by atoms with Gasteiger partial charge in [-0.25, -0.2) is 4.79 Å². The highest BCUT2D eigenvalue weighted by Gasteiger charge is 2.22. The number of amides is 2. The molecule has 1 aromatic rings. The van der Waals surface area contributed by atoms with Crippen LogP contribution in [-0.4, -0.2) is 12.1 Å². The van der Waals surface area contributed by atoms with Gasteiger partial charge in [-0.05, 0) is 42.5 Å². The van der Waals surface area contributed by atoms with E-state index in [0.717, 1.165) is 16.5 Å². The van der Waals surface area contributed by atoms with Crippen LogP contribution >= 0.6 is 15.9 Å². The average molecular weight is 337 g/mol. The van der Waals surface area contributed by atoms with Crippen molar-refractivity contribution in [3.63, 3.8) is 0 Å². The van der Waals surface area contributed by atoms with E-state index in [0.29, 0.717) is 12.0 Å². The van der Waals surface area contributed by atoms with E-state index in [-0.39, 0.29) is 6.03 Å². The molecule has 0 aliphatic heterocycles. The van der Waals surface area contributed by atoms with Gasteiger partial charge in [-0.1, -0.05) is 47.8 Å². The molecule has 4 heteroatoms. The molecule has 2 unspecified atom stereocenters. The van der Waals surface area contributed by atoms with Crippen molar-refractivity contribution in [2.45, 2.75) is 38.6 Å². The Kier molecular flexibility index (Phi) is 5.65. The number of carbonyl (C=O) groups is 1. The summed E-state index contributed by atoms with van der Waals surface area (Å²) in [5.74, 6) is 0.573. The van der Waals surface area contributed by atoms with Gasteiger partial charge in [0.15, 0.2) is 0 Å². The lowest BCUT2D eigenvalue weighted by molar-refractivity contribution is 0.225. The molecule has 108 valence electrons. The normalized spacial score (nSPS) is 22.7. The van der Waals surface area contributed by atoms with Gasteiger partial charge in [-0.3, -0.25) is 0 Å². The summed E-state index contributed by atoms with van der Waals surface area (Å²) >= 11 is 3.42. The largest absolute Gasteiger partial charge is 0.335 e. The highest BCUT2D eigenvalue weighted by atomic mass is 79.9. The summed E-state index contributed by atoms with van der Waals surface area (Å²) < 4.78 is 1.03. The molecule has 3 nitrogen and oxygen atoms in total. The van der Waals surface area contributed by atoms with Crippen LogP contribution in [0.3, 0.4) is 0 Å². The maximum atomic E-state index is 11.8. The smallest absolute Gasteiger partial charge is 0.318 e. The molecule has 2 atom stereocenters. The number of rotatable bonds is 3. The number of carbonyl (C=O) groups excluding carboxylic acids is 1. The second kappa shape index (κ2) is 7.48. The topological polar surface area (TPSA) is 41.1 Å². The lowest BCUT2D eigenvalue weighted by Gasteiger charge is -2.29. The minimum absolute atomic E-state index is 0.116. The molecule has 0 spiro atoms. The van der Waals surface area contributed by atoms with Gasteiger partial charge in [-0.15, -0.1) is 0 Å². The maximum absolute atomic E-state index is 11.8. The molecule has 0 bridgehead atoms. The average Bonchev–Trinajstić information content (AvgIpc) is 2.41. The van der Waals surface area contributed by atoms with Crippen molar-refractivity contribution in [3.8, 4) is 0 Å². The highest BCUT2D eigenvalue weighted by molar-refractivity contribution is 9.10. The first-order valence-corrected chi connectivity index (χ1v) is 7.93. The fourth-order valence-corrected chi connectivity index (χ4v) is 2.98. The first-order valence-electron chi connectivity index (χ1n) is 7.14. The summed E-state index contributed by atoms with van der Waals surface area (Å²) in [6.07, 6.45) is 8.36. The monoisotopic (exact) mass is 336 g/mol. The molecule has 2 rings (SSSR count). The van der Waals surface area contributed by atoms with Crippen LogP contribution in [0.4, 0.5) is 4.79 Å². The van der Waals surface area contributed by atoms with Crippen molar-refractivity contribution in [3.05, 3.63) is 40.5 Å². The Morgan fingerprint density at radius 1 is 1.35 bits per heavy atom. The summed E-state index contributed by atoms with van der Waals surface area (Å²) in [5.41, 5.74) is 1.05. The zero-order chi connectivity index (χ0) is 14.4. The lowest BCUT2D eigenvalue weighted by Crippen LogP contribution is -2.44. The zero-order valence-electron chi connectivity index (χ0n) is 11.7. The minimum Gasteiger partial charge on any atom is -0.335 e. The first-order chi connectivity index (χ1) is 9.65. The van der Waals surface area contributed by atoms with Gasteiger partial charge < -0.3 is 10.6 Å². The molecular formula is C16H21BrN2O. The molecule has 1 fully saturated rings. The molecule has 1 aromatic carbocycles. The molecule has 2 amide bonds. The van der Waals surface area contributed by atoms with Crippen molar-refractivity contribution in [2.75, 3.05) is 0 Å². The molecule has 1 saturated carbocycles. The Bertz CT molecular complexity index is 487. The van der Waals surface area contributed by atoms with E-state index in [1.165, 1.54) is 19.3 Å². The third-order valence-electron chi connectivity index (χ3n) is 3.77. The SMILES string of the molecule is CC1CCCCC1NC(=O)N/C=C/c1cccc(Br)c1. The van der Waals surface area contributed by atoms with Crippen molar-refractivity contribution >= 4 is 28.0 Å². The van der Waals surface area contributed by atoms with E-state index in [4.69, 9.17) is 0 Å². The van der Waals surface area contributed by atoms with Gasteiger partial charge in [0.25, 0.3) is 0 Å². The second-order valence-corrected chi connectivity index (χ2v) is 6.29. The quantitative estimate of drug-likeness (QED) is 0.848. The molecule has 0 saturated heterocycles. The van der Waals surface area contributed by atoms with Crippen molar-refractivity contribution in [2.24, 2.45) is 5.92 Å². The third kappa shape index (κ3) is 4.67. The third-order valence-corrected chi connectivity index (χ3v) is 4.26. The summed E-state index contributed by atoms with van der Waals surface area (Å²) in [5, 5.41) is 5.83. The van der Waals surface area contributed by atoms with E-state index < -0.39 is 0 Å². The predicted molar refractivity (Wildman–Crippen MR) is 86.3 cm³/mol. The lowest BCUT2D eigenvalue weighted by atomic mass is 9.86. The van der Waals surface area contributed by atoms with E-state index in [2.05, 4.69) is 33.5 Å². The fraction of sp³-hybridized carbons (Fsp3) is 0.438.